The normalized spacial score (nSPS) is 12.9. The van der Waals surface area contributed by atoms with Gasteiger partial charge in [0.25, 0.3) is 0 Å². The highest BCUT2D eigenvalue weighted by atomic mass is 32.2. The third kappa shape index (κ3) is 4.91. The largest absolute Gasteiger partial charge is 0.265 e. The summed E-state index contributed by atoms with van der Waals surface area (Å²) in [5.74, 6) is 0. The van der Waals surface area contributed by atoms with Crippen LogP contribution in [0, 0.1) is 5.41 Å². The first-order valence-corrected chi connectivity index (χ1v) is 8.11. The maximum atomic E-state index is 12.5. The van der Waals surface area contributed by atoms with Crippen molar-refractivity contribution >= 4 is 10.0 Å². The molecule has 0 saturated heterocycles. The van der Waals surface area contributed by atoms with Crippen molar-refractivity contribution < 1.29 is 8.42 Å². The van der Waals surface area contributed by atoms with Gasteiger partial charge >= 0.3 is 0 Å². The molecule has 108 valence electrons. The second-order valence-electron chi connectivity index (χ2n) is 5.90. The second kappa shape index (κ2) is 6.48. The number of hydrogen-bond donors (Lipinski definition) is 0. The Bertz CT molecular complexity index is 478. The van der Waals surface area contributed by atoms with E-state index in [1.54, 1.807) is 16.4 Å². The molecule has 5 heteroatoms. The zero-order chi connectivity index (χ0) is 14.5. The number of aromatic nitrogens is 1. The fourth-order valence-electron chi connectivity index (χ4n) is 1.72. The van der Waals surface area contributed by atoms with E-state index in [-0.39, 0.29) is 5.41 Å². The van der Waals surface area contributed by atoms with Gasteiger partial charge in [-0.15, -0.1) is 0 Å². The maximum Gasteiger partial charge on any atom is 0.243 e. The van der Waals surface area contributed by atoms with Gasteiger partial charge in [0.2, 0.25) is 10.0 Å². The molecule has 1 rings (SSSR count). The van der Waals surface area contributed by atoms with Crippen molar-refractivity contribution in [3.05, 3.63) is 24.5 Å². The monoisotopic (exact) mass is 284 g/mol. The molecule has 1 aromatic heterocycles. The molecule has 0 saturated carbocycles. The Morgan fingerprint density at radius 2 is 1.74 bits per heavy atom. The maximum absolute atomic E-state index is 12.5. The molecule has 0 radical (unpaired) electrons. The summed E-state index contributed by atoms with van der Waals surface area (Å²) in [7, 11) is -3.39. The van der Waals surface area contributed by atoms with Crippen molar-refractivity contribution in [3.8, 4) is 0 Å². The lowest BCUT2D eigenvalue weighted by Gasteiger charge is -2.26. The van der Waals surface area contributed by atoms with Gasteiger partial charge in [0, 0.05) is 25.5 Å². The summed E-state index contributed by atoms with van der Waals surface area (Å²) >= 11 is 0. The first kappa shape index (κ1) is 16.1. The van der Waals surface area contributed by atoms with Crippen molar-refractivity contribution in [2.45, 2.75) is 45.4 Å². The third-order valence-electron chi connectivity index (χ3n) is 2.87. The SMILES string of the molecule is CCCN(CCC(C)(C)C)S(=O)(=O)c1ccncc1. The minimum absolute atomic E-state index is 0.125. The first-order valence-electron chi connectivity index (χ1n) is 6.67. The summed E-state index contributed by atoms with van der Waals surface area (Å²) in [6, 6.07) is 3.10. The fraction of sp³-hybridized carbons (Fsp3) is 0.643. The van der Waals surface area contributed by atoms with Crippen LogP contribution in [0.4, 0.5) is 0 Å². The molecule has 1 heterocycles. The molecule has 0 atom stereocenters. The van der Waals surface area contributed by atoms with Crippen LogP contribution in [0.3, 0.4) is 0 Å². The Hall–Kier alpha value is -0.940. The highest BCUT2D eigenvalue weighted by molar-refractivity contribution is 7.89. The van der Waals surface area contributed by atoms with Crippen molar-refractivity contribution in [2.75, 3.05) is 13.1 Å². The molecule has 0 fully saturated rings. The van der Waals surface area contributed by atoms with Gasteiger partial charge in [0.05, 0.1) is 4.90 Å². The van der Waals surface area contributed by atoms with Crippen LogP contribution in [0.1, 0.15) is 40.5 Å². The molecule has 0 aliphatic heterocycles. The number of pyridine rings is 1. The summed E-state index contributed by atoms with van der Waals surface area (Å²) in [4.78, 5) is 4.19. The van der Waals surface area contributed by atoms with E-state index < -0.39 is 10.0 Å². The number of sulfonamides is 1. The molecule has 0 spiro atoms. The molecule has 19 heavy (non-hydrogen) atoms. The Morgan fingerprint density at radius 1 is 1.16 bits per heavy atom. The Labute approximate surface area is 116 Å². The smallest absolute Gasteiger partial charge is 0.243 e. The van der Waals surface area contributed by atoms with E-state index in [0.717, 1.165) is 12.8 Å². The lowest BCUT2D eigenvalue weighted by atomic mass is 9.92. The van der Waals surface area contributed by atoms with Gasteiger partial charge in [-0.1, -0.05) is 27.7 Å². The van der Waals surface area contributed by atoms with E-state index in [4.69, 9.17) is 0 Å². The zero-order valence-corrected chi connectivity index (χ0v) is 13.1. The molecule has 0 aliphatic rings. The van der Waals surface area contributed by atoms with Crippen LogP contribution >= 0.6 is 0 Å². The second-order valence-corrected chi connectivity index (χ2v) is 7.84. The molecule has 0 amide bonds. The highest BCUT2D eigenvalue weighted by Gasteiger charge is 2.25. The minimum Gasteiger partial charge on any atom is -0.265 e. The standard InChI is InChI=1S/C14H24N2O2S/c1-5-11-16(12-8-14(2,3)4)19(17,18)13-6-9-15-10-7-13/h6-7,9-10H,5,8,11-12H2,1-4H3. The number of hydrogen-bond acceptors (Lipinski definition) is 3. The van der Waals surface area contributed by atoms with Crippen LogP contribution in [0.2, 0.25) is 0 Å². The summed E-state index contributed by atoms with van der Waals surface area (Å²) in [6.07, 6.45) is 4.69. The number of rotatable bonds is 6. The van der Waals surface area contributed by atoms with E-state index in [0.29, 0.717) is 18.0 Å². The summed E-state index contributed by atoms with van der Waals surface area (Å²) in [5.41, 5.74) is 0.125. The van der Waals surface area contributed by atoms with Gasteiger partial charge in [-0.3, -0.25) is 4.98 Å². The molecular formula is C14H24N2O2S. The lowest BCUT2D eigenvalue weighted by Crippen LogP contribution is -2.34. The molecule has 1 aromatic rings. The minimum atomic E-state index is -3.39. The Kier molecular flexibility index (Phi) is 5.50. The van der Waals surface area contributed by atoms with Gasteiger partial charge in [-0.05, 0) is 30.4 Å². The summed E-state index contributed by atoms with van der Waals surface area (Å²) < 4.78 is 26.7. The Balaban J connectivity index is 2.92. The van der Waals surface area contributed by atoms with Gasteiger partial charge in [-0.25, -0.2) is 8.42 Å². The van der Waals surface area contributed by atoms with E-state index in [1.165, 1.54) is 12.4 Å². The predicted octanol–water partition coefficient (Wildman–Crippen LogP) is 2.92. The quantitative estimate of drug-likeness (QED) is 0.807. The van der Waals surface area contributed by atoms with Crippen LogP contribution in [-0.4, -0.2) is 30.8 Å². The van der Waals surface area contributed by atoms with E-state index in [2.05, 4.69) is 25.8 Å². The topological polar surface area (TPSA) is 50.3 Å². The lowest BCUT2D eigenvalue weighted by molar-refractivity contribution is 0.310. The van der Waals surface area contributed by atoms with Gasteiger partial charge < -0.3 is 0 Å². The average molecular weight is 284 g/mol. The van der Waals surface area contributed by atoms with Gasteiger partial charge in [-0.2, -0.15) is 4.31 Å². The van der Waals surface area contributed by atoms with Gasteiger partial charge in [0.1, 0.15) is 0 Å². The van der Waals surface area contributed by atoms with Crippen LogP contribution in [0.5, 0.6) is 0 Å². The molecular weight excluding hydrogens is 260 g/mol. The summed E-state index contributed by atoms with van der Waals surface area (Å²) in [5, 5.41) is 0. The van der Waals surface area contributed by atoms with Crippen molar-refractivity contribution in [1.82, 2.24) is 9.29 Å². The van der Waals surface area contributed by atoms with Crippen molar-refractivity contribution in [1.29, 1.82) is 0 Å². The van der Waals surface area contributed by atoms with Crippen LogP contribution in [0.25, 0.3) is 0 Å². The fourth-order valence-corrected chi connectivity index (χ4v) is 3.24. The van der Waals surface area contributed by atoms with E-state index >= 15 is 0 Å². The number of nitrogens with zero attached hydrogens (tertiary/aromatic N) is 2. The van der Waals surface area contributed by atoms with E-state index in [1.807, 2.05) is 6.92 Å². The first-order chi connectivity index (χ1) is 8.77. The molecule has 0 N–H and O–H groups in total. The molecule has 0 aromatic carbocycles. The predicted molar refractivity (Wildman–Crippen MR) is 77.4 cm³/mol. The van der Waals surface area contributed by atoms with Crippen molar-refractivity contribution in [2.24, 2.45) is 5.41 Å². The average Bonchev–Trinajstić information content (AvgIpc) is 2.34. The summed E-state index contributed by atoms with van der Waals surface area (Å²) in [6.45, 7) is 9.47. The molecule has 0 aliphatic carbocycles. The van der Waals surface area contributed by atoms with Crippen LogP contribution in [-0.2, 0) is 10.0 Å². The van der Waals surface area contributed by atoms with Crippen LogP contribution < -0.4 is 0 Å². The highest BCUT2D eigenvalue weighted by Crippen LogP contribution is 2.22. The Morgan fingerprint density at radius 3 is 2.21 bits per heavy atom. The van der Waals surface area contributed by atoms with Crippen LogP contribution in [0.15, 0.2) is 29.4 Å². The third-order valence-corrected chi connectivity index (χ3v) is 4.78. The molecule has 0 unspecified atom stereocenters. The molecule has 4 nitrogen and oxygen atoms in total. The van der Waals surface area contributed by atoms with Gasteiger partial charge in [0.15, 0.2) is 0 Å². The zero-order valence-electron chi connectivity index (χ0n) is 12.3. The van der Waals surface area contributed by atoms with Crippen molar-refractivity contribution in [3.63, 3.8) is 0 Å². The van der Waals surface area contributed by atoms with E-state index in [9.17, 15) is 8.42 Å². The molecule has 0 bridgehead atoms.